The standard InChI is InChI=1S/C11H8BrClN2O/c1-7-10(13)14-6-15-11(7)16-9-5-3-2-4-8(9)12/h2-6H,1H3. The number of benzene rings is 1. The Labute approximate surface area is 107 Å². The quantitative estimate of drug-likeness (QED) is 0.786. The van der Waals surface area contributed by atoms with Crippen molar-refractivity contribution in [1.29, 1.82) is 0 Å². The van der Waals surface area contributed by atoms with Crippen LogP contribution in [0.5, 0.6) is 11.6 Å². The fraction of sp³-hybridized carbons (Fsp3) is 0.0909. The molecule has 0 aliphatic carbocycles. The van der Waals surface area contributed by atoms with Crippen molar-refractivity contribution >= 4 is 27.5 Å². The molecule has 1 aromatic heterocycles. The summed E-state index contributed by atoms with van der Waals surface area (Å²) in [5.74, 6) is 1.16. The van der Waals surface area contributed by atoms with Gasteiger partial charge in [-0.25, -0.2) is 9.97 Å². The minimum Gasteiger partial charge on any atom is -0.437 e. The average molecular weight is 300 g/mol. The molecule has 0 radical (unpaired) electrons. The van der Waals surface area contributed by atoms with E-state index in [1.807, 2.05) is 31.2 Å². The van der Waals surface area contributed by atoms with Gasteiger partial charge in [0.2, 0.25) is 5.88 Å². The maximum Gasteiger partial charge on any atom is 0.226 e. The Morgan fingerprint density at radius 2 is 2.00 bits per heavy atom. The number of nitrogens with zero attached hydrogens (tertiary/aromatic N) is 2. The number of aromatic nitrogens is 2. The Balaban J connectivity index is 2.35. The molecule has 0 N–H and O–H groups in total. The molecule has 0 saturated carbocycles. The summed E-state index contributed by atoms with van der Waals surface area (Å²) < 4.78 is 6.50. The molecular weight excluding hydrogens is 291 g/mol. The van der Waals surface area contributed by atoms with Gasteiger partial charge in [0.1, 0.15) is 17.2 Å². The van der Waals surface area contributed by atoms with Crippen molar-refractivity contribution in [2.45, 2.75) is 6.92 Å². The molecule has 82 valence electrons. The van der Waals surface area contributed by atoms with Crippen LogP contribution in [0, 0.1) is 6.92 Å². The maximum atomic E-state index is 5.88. The van der Waals surface area contributed by atoms with Crippen LogP contribution in [0.3, 0.4) is 0 Å². The van der Waals surface area contributed by atoms with Crippen LogP contribution in [0.4, 0.5) is 0 Å². The van der Waals surface area contributed by atoms with Crippen LogP contribution in [0.1, 0.15) is 5.56 Å². The van der Waals surface area contributed by atoms with E-state index < -0.39 is 0 Å². The molecule has 0 fully saturated rings. The molecule has 0 aliphatic rings. The van der Waals surface area contributed by atoms with Crippen molar-refractivity contribution in [3.05, 3.63) is 45.8 Å². The summed E-state index contributed by atoms with van der Waals surface area (Å²) in [6.07, 6.45) is 1.38. The van der Waals surface area contributed by atoms with Crippen molar-refractivity contribution in [1.82, 2.24) is 9.97 Å². The van der Waals surface area contributed by atoms with Crippen LogP contribution in [-0.4, -0.2) is 9.97 Å². The van der Waals surface area contributed by atoms with Crippen molar-refractivity contribution in [3.8, 4) is 11.6 Å². The fourth-order valence-corrected chi connectivity index (χ4v) is 1.64. The van der Waals surface area contributed by atoms with Gasteiger partial charge in [-0.3, -0.25) is 0 Å². The minimum absolute atomic E-state index is 0.400. The zero-order chi connectivity index (χ0) is 11.5. The Kier molecular flexibility index (Phi) is 3.41. The van der Waals surface area contributed by atoms with E-state index >= 15 is 0 Å². The highest BCUT2D eigenvalue weighted by molar-refractivity contribution is 9.10. The Bertz CT molecular complexity index is 519. The van der Waals surface area contributed by atoms with Crippen molar-refractivity contribution in [2.24, 2.45) is 0 Å². The number of ether oxygens (including phenoxy) is 1. The molecule has 0 saturated heterocycles. The second-order valence-corrected chi connectivity index (χ2v) is 4.34. The summed E-state index contributed by atoms with van der Waals surface area (Å²) in [6, 6.07) is 7.54. The molecular formula is C11H8BrClN2O. The molecule has 1 aromatic carbocycles. The molecule has 2 aromatic rings. The molecule has 5 heteroatoms. The average Bonchev–Trinajstić information content (AvgIpc) is 2.28. The second kappa shape index (κ2) is 4.80. The zero-order valence-electron chi connectivity index (χ0n) is 8.45. The zero-order valence-corrected chi connectivity index (χ0v) is 10.8. The Morgan fingerprint density at radius 1 is 1.25 bits per heavy atom. The Morgan fingerprint density at radius 3 is 2.75 bits per heavy atom. The Hall–Kier alpha value is -1.13. The predicted molar refractivity (Wildman–Crippen MR) is 66.0 cm³/mol. The smallest absolute Gasteiger partial charge is 0.226 e. The predicted octanol–water partition coefficient (Wildman–Crippen LogP) is 3.99. The van der Waals surface area contributed by atoms with E-state index in [2.05, 4.69) is 25.9 Å². The third-order valence-corrected chi connectivity index (χ3v) is 3.06. The highest BCUT2D eigenvalue weighted by Gasteiger charge is 2.08. The van der Waals surface area contributed by atoms with Gasteiger partial charge >= 0.3 is 0 Å². The molecule has 0 atom stereocenters. The van der Waals surface area contributed by atoms with E-state index in [1.54, 1.807) is 0 Å². The lowest BCUT2D eigenvalue weighted by Gasteiger charge is -2.08. The fourth-order valence-electron chi connectivity index (χ4n) is 1.15. The summed E-state index contributed by atoms with van der Waals surface area (Å²) in [6.45, 7) is 1.81. The monoisotopic (exact) mass is 298 g/mol. The lowest BCUT2D eigenvalue weighted by Crippen LogP contribution is -1.94. The van der Waals surface area contributed by atoms with Crippen LogP contribution in [0.2, 0.25) is 5.15 Å². The van der Waals surface area contributed by atoms with Gasteiger partial charge in [0.15, 0.2) is 0 Å². The van der Waals surface area contributed by atoms with E-state index in [0.717, 1.165) is 10.0 Å². The summed E-state index contributed by atoms with van der Waals surface area (Å²) in [7, 11) is 0. The molecule has 0 amide bonds. The first-order valence-corrected chi connectivity index (χ1v) is 5.75. The molecule has 0 aliphatic heterocycles. The lowest BCUT2D eigenvalue weighted by atomic mass is 10.3. The number of rotatable bonds is 2. The van der Waals surface area contributed by atoms with Gasteiger partial charge < -0.3 is 4.74 Å². The highest BCUT2D eigenvalue weighted by atomic mass is 79.9. The first-order chi connectivity index (χ1) is 7.68. The van der Waals surface area contributed by atoms with E-state index in [0.29, 0.717) is 16.8 Å². The van der Waals surface area contributed by atoms with Crippen LogP contribution < -0.4 is 4.74 Å². The third-order valence-electron chi connectivity index (χ3n) is 2.02. The van der Waals surface area contributed by atoms with Gasteiger partial charge in [0, 0.05) is 5.56 Å². The lowest BCUT2D eigenvalue weighted by molar-refractivity contribution is 0.454. The number of hydrogen-bond donors (Lipinski definition) is 0. The third kappa shape index (κ3) is 2.33. The molecule has 0 bridgehead atoms. The topological polar surface area (TPSA) is 35.0 Å². The number of para-hydroxylation sites is 1. The van der Waals surface area contributed by atoms with Gasteiger partial charge in [0.05, 0.1) is 4.47 Å². The molecule has 3 nitrogen and oxygen atoms in total. The molecule has 0 unspecified atom stereocenters. The van der Waals surface area contributed by atoms with E-state index in [4.69, 9.17) is 16.3 Å². The van der Waals surface area contributed by atoms with Gasteiger partial charge in [-0.1, -0.05) is 23.7 Å². The molecule has 1 heterocycles. The summed E-state index contributed by atoms with van der Waals surface area (Å²) in [5, 5.41) is 0.400. The summed E-state index contributed by atoms with van der Waals surface area (Å²) >= 11 is 9.27. The molecule has 16 heavy (non-hydrogen) atoms. The van der Waals surface area contributed by atoms with Gasteiger partial charge in [0.25, 0.3) is 0 Å². The van der Waals surface area contributed by atoms with Crippen LogP contribution >= 0.6 is 27.5 Å². The van der Waals surface area contributed by atoms with Crippen molar-refractivity contribution < 1.29 is 4.74 Å². The van der Waals surface area contributed by atoms with Crippen LogP contribution in [-0.2, 0) is 0 Å². The second-order valence-electron chi connectivity index (χ2n) is 3.13. The largest absolute Gasteiger partial charge is 0.437 e. The van der Waals surface area contributed by atoms with E-state index in [1.165, 1.54) is 6.33 Å². The van der Waals surface area contributed by atoms with E-state index in [9.17, 15) is 0 Å². The van der Waals surface area contributed by atoms with Crippen LogP contribution in [0.15, 0.2) is 35.1 Å². The molecule has 2 rings (SSSR count). The van der Waals surface area contributed by atoms with Crippen molar-refractivity contribution in [3.63, 3.8) is 0 Å². The van der Waals surface area contributed by atoms with Gasteiger partial charge in [-0.15, -0.1) is 0 Å². The number of hydrogen-bond acceptors (Lipinski definition) is 3. The van der Waals surface area contributed by atoms with Crippen molar-refractivity contribution in [2.75, 3.05) is 0 Å². The highest BCUT2D eigenvalue weighted by Crippen LogP contribution is 2.30. The SMILES string of the molecule is Cc1c(Cl)ncnc1Oc1ccccc1Br. The number of halogens is 2. The molecule has 0 spiro atoms. The normalized spacial score (nSPS) is 10.2. The van der Waals surface area contributed by atoms with Gasteiger partial charge in [-0.2, -0.15) is 0 Å². The van der Waals surface area contributed by atoms with Crippen LogP contribution in [0.25, 0.3) is 0 Å². The first kappa shape index (κ1) is 11.4. The minimum atomic E-state index is 0.400. The van der Waals surface area contributed by atoms with Gasteiger partial charge in [-0.05, 0) is 35.0 Å². The summed E-state index contributed by atoms with van der Waals surface area (Å²) in [4.78, 5) is 7.90. The van der Waals surface area contributed by atoms with E-state index in [-0.39, 0.29) is 0 Å². The maximum absolute atomic E-state index is 5.88. The first-order valence-electron chi connectivity index (χ1n) is 4.58. The summed E-state index contributed by atoms with van der Waals surface area (Å²) in [5.41, 5.74) is 0.722.